The number of rotatable bonds is 8. The lowest BCUT2D eigenvalue weighted by atomic mass is 10.2. The first-order valence-corrected chi connectivity index (χ1v) is 11.0. The number of phenols is 1. The molecule has 2 heterocycles. The molecule has 13 heteroatoms. The van der Waals surface area contributed by atoms with E-state index in [1.54, 1.807) is 19.1 Å². The van der Waals surface area contributed by atoms with E-state index in [0.29, 0.717) is 12.2 Å². The van der Waals surface area contributed by atoms with Crippen LogP contribution in [0.1, 0.15) is 30.9 Å². The van der Waals surface area contributed by atoms with E-state index in [2.05, 4.69) is 20.4 Å². The molecule has 1 atom stereocenters. The minimum Gasteiger partial charge on any atom is -0.504 e. The molecule has 0 unspecified atom stereocenters. The molecule has 0 aliphatic rings. The fraction of sp³-hybridized carbons (Fsp3) is 0.333. The third-order valence-electron chi connectivity index (χ3n) is 4.51. The van der Waals surface area contributed by atoms with Crippen LogP contribution in [0, 0.1) is 12.1 Å². The van der Waals surface area contributed by atoms with Gasteiger partial charge in [-0.3, -0.25) is 5.32 Å². The minimum absolute atomic E-state index is 0.0383. The number of benzene rings is 1. The highest BCUT2D eigenvalue weighted by molar-refractivity contribution is 7.89. The van der Waals surface area contributed by atoms with Gasteiger partial charge in [-0.15, -0.1) is 0 Å². The van der Waals surface area contributed by atoms with Gasteiger partial charge in [-0.2, -0.15) is 0 Å². The second-order valence-electron chi connectivity index (χ2n) is 6.87. The molecule has 3 rings (SSSR count). The number of furan rings is 1. The van der Waals surface area contributed by atoms with Crippen LogP contribution in [0.15, 0.2) is 38.2 Å². The zero-order chi connectivity index (χ0) is 22.9. The molecule has 0 fully saturated rings. The summed E-state index contributed by atoms with van der Waals surface area (Å²) >= 11 is 6.02. The molecule has 0 amide bonds. The van der Waals surface area contributed by atoms with Crippen LogP contribution in [0.5, 0.6) is 5.75 Å². The van der Waals surface area contributed by atoms with Crippen molar-refractivity contribution in [3.8, 4) is 5.75 Å². The Morgan fingerprint density at radius 2 is 2.03 bits per heavy atom. The Balaban J connectivity index is 1.97. The Hall–Kier alpha value is -2.96. The minimum atomic E-state index is -4.04. The van der Waals surface area contributed by atoms with Gasteiger partial charge in [0.15, 0.2) is 5.75 Å². The van der Waals surface area contributed by atoms with Crippen molar-refractivity contribution in [2.24, 2.45) is 0 Å². The summed E-state index contributed by atoms with van der Waals surface area (Å²) in [5, 5.41) is 31.9. The number of nitrogens with zero attached hydrogens (tertiary/aromatic N) is 3. The van der Waals surface area contributed by atoms with E-state index in [-0.39, 0.29) is 33.3 Å². The molecular formula is C18H22ClN5O6S. The van der Waals surface area contributed by atoms with Gasteiger partial charge in [0.05, 0.1) is 10.7 Å². The molecule has 0 radical (unpaired) electrons. The van der Waals surface area contributed by atoms with Crippen LogP contribution in [-0.4, -0.2) is 37.1 Å². The van der Waals surface area contributed by atoms with Gasteiger partial charge in [0.2, 0.25) is 10.0 Å². The standard InChI is InChI=1S/C18H22ClN5O6S/c1-5-12(14-9-6-10(2)29-14)21-18-17(22-30-24(18)26)20-13-8-7-11(19)16(15(13)25)31(27,28)23(3)4/h6-9,12,21,25H,5H2,1-4H3,(H,20,22)/t12-/m1/s1. The zero-order valence-corrected chi connectivity index (χ0v) is 18.8. The lowest BCUT2D eigenvalue weighted by Gasteiger charge is -2.16. The third-order valence-corrected chi connectivity index (χ3v) is 6.83. The van der Waals surface area contributed by atoms with E-state index >= 15 is 0 Å². The summed E-state index contributed by atoms with van der Waals surface area (Å²) in [5.74, 6) is 0.562. The van der Waals surface area contributed by atoms with Crippen molar-refractivity contribution in [1.82, 2.24) is 9.46 Å². The van der Waals surface area contributed by atoms with E-state index < -0.39 is 20.7 Å². The number of hydrogen-bond donors (Lipinski definition) is 3. The summed E-state index contributed by atoms with van der Waals surface area (Å²) in [7, 11) is -1.42. The molecule has 31 heavy (non-hydrogen) atoms. The summed E-state index contributed by atoms with van der Waals surface area (Å²) in [5.41, 5.74) is -0.0383. The summed E-state index contributed by atoms with van der Waals surface area (Å²) in [4.78, 5) is -0.319. The molecule has 11 nitrogen and oxygen atoms in total. The van der Waals surface area contributed by atoms with Crippen molar-refractivity contribution in [1.29, 1.82) is 0 Å². The average Bonchev–Trinajstić information content (AvgIpc) is 3.27. The van der Waals surface area contributed by atoms with E-state index in [1.807, 2.05) is 6.92 Å². The molecule has 3 N–H and O–H groups in total. The van der Waals surface area contributed by atoms with Gasteiger partial charge >= 0.3 is 11.6 Å². The lowest BCUT2D eigenvalue weighted by molar-refractivity contribution is -0.791. The number of nitrogens with one attached hydrogen (secondary N) is 2. The lowest BCUT2D eigenvalue weighted by Crippen LogP contribution is -2.29. The number of hydrogen-bond acceptors (Lipinski definition) is 9. The molecule has 2 aromatic heterocycles. The summed E-state index contributed by atoms with van der Waals surface area (Å²) in [6.45, 7) is 3.70. The van der Waals surface area contributed by atoms with Crippen molar-refractivity contribution >= 4 is 38.9 Å². The Labute approximate surface area is 183 Å². The Bertz CT molecular complexity index is 1190. The molecule has 168 valence electrons. The number of anilines is 3. The Kier molecular flexibility index (Phi) is 6.34. The van der Waals surface area contributed by atoms with Crippen LogP contribution in [0.3, 0.4) is 0 Å². The second-order valence-corrected chi connectivity index (χ2v) is 9.36. The number of aromatic nitrogens is 2. The first-order chi connectivity index (χ1) is 14.6. The van der Waals surface area contributed by atoms with Crippen LogP contribution in [-0.2, 0) is 10.0 Å². The largest absolute Gasteiger partial charge is 0.504 e. The number of aryl methyl sites for hydroxylation is 1. The molecule has 0 saturated heterocycles. The van der Waals surface area contributed by atoms with Gasteiger partial charge in [-0.25, -0.2) is 12.7 Å². The van der Waals surface area contributed by atoms with Crippen LogP contribution in [0.2, 0.25) is 5.02 Å². The van der Waals surface area contributed by atoms with Gasteiger partial charge in [0.1, 0.15) is 22.5 Å². The molecule has 0 spiro atoms. The first kappa shape index (κ1) is 22.7. The maximum atomic E-state index is 12.5. The van der Waals surface area contributed by atoms with Crippen LogP contribution >= 0.6 is 11.6 Å². The van der Waals surface area contributed by atoms with Crippen molar-refractivity contribution in [3.05, 3.63) is 46.0 Å². The fourth-order valence-electron chi connectivity index (χ4n) is 2.83. The molecule has 0 saturated carbocycles. The zero-order valence-electron chi connectivity index (χ0n) is 17.2. The van der Waals surface area contributed by atoms with Gasteiger partial charge < -0.3 is 24.7 Å². The number of phenolic OH excluding ortho intramolecular Hbond substituents is 1. The Morgan fingerprint density at radius 3 is 2.61 bits per heavy atom. The molecule has 1 aromatic carbocycles. The topological polar surface area (TPSA) is 148 Å². The third kappa shape index (κ3) is 4.40. The fourth-order valence-corrected chi connectivity index (χ4v) is 4.31. The number of halogens is 1. The van der Waals surface area contributed by atoms with Crippen LogP contribution in [0.25, 0.3) is 0 Å². The Morgan fingerprint density at radius 1 is 1.32 bits per heavy atom. The van der Waals surface area contributed by atoms with E-state index in [1.165, 1.54) is 26.2 Å². The smallest absolute Gasteiger partial charge is 0.320 e. The monoisotopic (exact) mass is 471 g/mol. The second kappa shape index (κ2) is 8.65. The predicted octanol–water partition coefficient (Wildman–Crippen LogP) is 3.13. The molecule has 0 aliphatic heterocycles. The van der Waals surface area contributed by atoms with Crippen molar-refractivity contribution in [2.45, 2.75) is 31.2 Å². The van der Waals surface area contributed by atoms with Gasteiger partial charge in [0.25, 0.3) is 0 Å². The van der Waals surface area contributed by atoms with Crippen LogP contribution in [0.4, 0.5) is 17.3 Å². The number of sulfonamides is 1. The highest BCUT2D eigenvalue weighted by atomic mass is 35.5. The van der Waals surface area contributed by atoms with Crippen molar-refractivity contribution in [2.75, 3.05) is 24.7 Å². The normalized spacial score (nSPS) is 12.8. The summed E-state index contributed by atoms with van der Waals surface area (Å²) in [6.07, 6.45) is 0.578. The highest BCUT2D eigenvalue weighted by Crippen LogP contribution is 2.39. The maximum Gasteiger partial charge on any atom is 0.320 e. The van der Waals surface area contributed by atoms with Gasteiger partial charge in [0, 0.05) is 14.1 Å². The SMILES string of the molecule is CC[C@@H](Nc1c(Nc2ccc(Cl)c(S(=O)(=O)N(C)C)c2O)no[n+]1[O-])c1ccc(C)o1. The van der Waals surface area contributed by atoms with Gasteiger partial charge in [-0.05, 0) is 42.8 Å². The van der Waals surface area contributed by atoms with E-state index in [0.717, 1.165) is 10.1 Å². The quantitative estimate of drug-likeness (QED) is 0.332. The highest BCUT2D eigenvalue weighted by Gasteiger charge is 2.29. The van der Waals surface area contributed by atoms with Crippen LogP contribution < -0.4 is 15.5 Å². The predicted molar refractivity (Wildman–Crippen MR) is 113 cm³/mol. The summed E-state index contributed by atoms with van der Waals surface area (Å²) in [6, 6.07) is 5.88. The maximum absolute atomic E-state index is 12.5. The van der Waals surface area contributed by atoms with Gasteiger partial charge in [-0.1, -0.05) is 23.4 Å². The van der Waals surface area contributed by atoms with E-state index in [4.69, 9.17) is 16.0 Å². The average molecular weight is 472 g/mol. The van der Waals surface area contributed by atoms with E-state index in [9.17, 15) is 18.7 Å². The molecular weight excluding hydrogens is 450 g/mol. The summed E-state index contributed by atoms with van der Waals surface area (Å²) < 4.78 is 36.3. The molecule has 0 aliphatic carbocycles. The van der Waals surface area contributed by atoms with Crippen molar-refractivity contribution in [3.63, 3.8) is 0 Å². The first-order valence-electron chi connectivity index (χ1n) is 9.19. The molecule has 0 bridgehead atoms. The number of aromatic hydroxyl groups is 1. The van der Waals surface area contributed by atoms with Crippen molar-refractivity contribution < 1.29 is 27.5 Å². The molecule has 3 aromatic rings.